The smallest absolute Gasteiger partial charge is 0.244 e. The maximum Gasteiger partial charge on any atom is 0.244 e. The first kappa shape index (κ1) is 17.2. The number of nitrogens with one attached hydrogen (secondary N) is 1. The Bertz CT molecular complexity index is 809. The second kappa shape index (κ2) is 6.93. The van der Waals surface area contributed by atoms with E-state index in [4.69, 9.17) is 9.47 Å². The molecule has 1 N–H and O–H groups in total. The number of halogens is 2. The predicted octanol–water partition coefficient (Wildman–Crippen LogP) is 2.46. The summed E-state index contributed by atoms with van der Waals surface area (Å²) in [5.74, 6) is -1.03. The molecule has 124 valence electrons. The predicted molar refractivity (Wildman–Crippen MR) is 79.9 cm³/mol. The van der Waals surface area contributed by atoms with Crippen LogP contribution in [-0.4, -0.2) is 22.6 Å². The molecule has 0 bridgehead atoms. The van der Waals surface area contributed by atoms with Gasteiger partial charge >= 0.3 is 0 Å². The van der Waals surface area contributed by atoms with Crippen molar-refractivity contribution in [1.29, 1.82) is 0 Å². The summed E-state index contributed by atoms with van der Waals surface area (Å²) in [4.78, 5) is -0.108. The third-order valence-corrected chi connectivity index (χ3v) is 4.57. The van der Waals surface area contributed by atoms with Gasteiger partial charge in [-0.15, -0.1) is 0 Å². The van der Waals surface area contributed by atoms with Crippen molar-refractivity contribution in [2.24, 2.45) is 0 Å². The number of ether oxygens (including phenoxy) is 2. The van der Waals surface area contributed by atoms with Crippen LogP contribution < -0.4 is 14.2 Å². The molecule has 0 aliphatic carbocycles. The zero-order valence-electron chi connectivity index (χ0n) is 12.5. The Hall–Kier alpha value is -2.19. The highest BCUT2D eigenvalue weighted by Crippen LogP contribution is 2.28. The first-order chi connectivity index (χ1) is 10.9. The van der Waals surface area contributed by atoms with Gasteiger partial charge in [-0.05, 0) is 18.2 Å². The fraction of sp³-hybridized carbons (Fsp3) is 0.200. The number of methoxy groups -OCH3 is 2. The van der Waals surface area contributed by atoms with E-state index in [1.807, 2.05) is 0 Å². The largest absolute Gasteiger partial charge is 0.497 e. The molecular weight excluding hydrogens is 328 g/mol. The van der Waals surface area contributed by atoms with Crippen molar-refractivity contribution in [3.63, 3.8) is 0 Å². The summed E-state index contributed by atoms with van der Waals surface area (Å²) < 4.78 is 63.4. The highest BCUT2D eigenvalue weighted by molar-refractivity contribution is 7.89. The molecule has 8 heteroatoms. The van der Waals surface area contributed by atoms with Gasteiger partial charge in [0.25, 0.3) is 0 Å². The van der Waals surface area contributed by atoms with Gasteiger partial charge in [-0.25, -0.2) is 21.9 Å². The van der Waals surface area contributed by atoms with Crippen LogP contribution in [0.2, 0.25) is 0 Å². The Morgan fingerprint density at radius 2 is 1.78 bits per heavy atom. The maximum atomic E-state index is 13.6. The fourth-order valence-corrected chi connectivity index (χ4v) is 3.07. The van der Waals surface area contributed by atoms with Crippen LogP contribution in [-0.2, 0) is 16.6 Å². The van der Waals surface area contributed by atoms with E-state index >= 15 is 0 Å². The monoisotopic (exact) mass is 343 g/mol. The second-order valence-corrected chi connectivity index (χ2v) is 6.31. The fourth-order valence-electron chi connectivity index (χ4n) is 1.91. The summed E-state index contributed by atoms with van der Waals surface area (Å²) in [5, 5.41) is 0. The average Bonchev–Trinajstić information content (AvgIpc) is 2.53. The van der Waals surface area contributed by atoms with Crippen LogP contribution in [0.1, 0.15) is 5.56 Å². The Labute approximate surface area is 132 Å². The second-order valence-electron chi connectivity index (χ2n) is 4.58. The molecule has 0 saturated heterocycles. The van der Waals surface area contributed by atoms with Crippen molar-refractivity contribution < 1.29 is 26.7 Å². The minimum atomic E-state index is -3.94. The van der Waals surface area contributed by atoms with Gasteiger partial charge in [0, 0.05) is 24.2 Å². The maximum absolute atomic E-state index is 13.6. The molecule has 5 nitrogen and oxygen atoms in total. The summed E-state index contributed by atoms with van der Waals surface area (Å²) in [7, 11) is -1.17. The van der Waals surface area contributed by atoms with Crippen molar-refractivity contribution in [2.45, 2.75) is 11.4 Å². The van der Waals surface area contributed by atoms with Crippen molar-refractivity contribution in [2.75, 3.05) is 14.2 Å². The number of hydrogen-bond acceptors (Lipinski definition) is 4. The third-order valence-electron chi connectivity index (χ3n) is 3.13. The molecule has 2 aromatic carbocycles. The molecule has 2 aromatic rings. The van der Waals surface area contributed by atoms with Crippen molar-refractivity contribution >= 4 is 10.0 Å². The van der Waals surface area contributed by atoms with Crippen molar-refractivity contribution in [3.05, 3.63) is 53.6 Å². The van der Waals surface area contributed by atoms with Crippen molar-refractivity contribution in [3.8, 4) is 11.5 Å². The third kappa shape index (κ3) is 3.96. The number of hydrogen-bond donors (Lipinski definition) is 1. The van der Waals surface area contributed by atoms with E-state index in [1.54, 1.807) is 0 Å². The molecule has 0 radical (unpaired) electrons. The van der Waals surface area contributed by atoms with Crippen LogP contribution in [0.25, 0.3) is 0 Å². The lowest BCUT2D eigenvalue weighted by atomic mass is 10.2. The summed E-state index contributed by atoms with van der Waals surface area (Å²) in [6.07, 6.45) is 0. The molecule has 0 aliphatic heterocycles. The lowest BCUT2D eigenvalue weighted by molar-refractivity contribution is 0.386. The Morgan fingerprint density at radius 3 is 2.39 bits per heavy atom. The molecule has 23 heavy (non-hydrogen) atoms. The summed E-state index contributed by atoms with van der Waals surface area (Å²) >= 11 is 0. The number of rotatable bonds is 6. The number of benzene rings is 2. The van der Waals surface area contributed by atoms with E-state index in [0.717, 1.165) is 6.07 Å². The molecule has 0 fully saturated rings. The summed E-state index contributed by atoms with van der Waals surface area (Å²) in [5.41, 5.74) is 0.0300. The molecule has 0 aliphatic rings. The standard InChI is InChI=1S/C15H15F2NO4S/c1-21-12-5-6-15(14(8-12)22-2)23(19,20)18-9-10-3-4-11(16)7-13(10)17/h3-8,18H,9H2,1-2H3. The summed E-state index contributed by atoms with van der Waals surface area (Å²) in [6.45, 7) is -0.316. The molecule has 0 atom stereocenters. The van der Waals surface area contributed by atoms with E-state index < -0.39 is 21.7 Å². The van der Waals surface area contributed by atoms with Gasteiger partial charge in [-0.2, -0.15) is 0 Å². The van der Waals surface area contributed by atoms with Gasteiger partial charge in [0.1, 0.15) is 28.0 Å². The SMILES string of the molecule is COc1ccc(S(=O)(=O)NCc2ccc(F)cc2F)c(OC)c1. The zero-order valence-corrected chi connectivity index (χ0v) is 13.3. The average molecular weight is 343 g/mol. The minimum absolute atomic E-state index is 0.0300. The van der Waals surface area contributed by atoms with Crippen LogP contribution in [0, 0.1) is 11.6 Å². The molecular formula is C15H15F2NO4S. The van der Waals surface area contributed by atoms with Gasteiger partial charge < -0.3 is 9.47 Å². The Balaban J connectivity index is 2.25. The molecule has 0 aromatic heterocycles. The van der Waals surface area contributed by atoms with Gasteiger partial charge in [0.2, 0.25) is 10.0 Å². The number of sulfonamides is 1. The van der Waals surface area contributed by atoms with E-state index in [1.165, 1.54) is 38.5 Å². The normalized spacial score (nSPS) is 11.3. The Morgan fingerprint density at radius 1 is 1.04 bits per heavy atom. The van der Waals surface area contributed by atoms with Crippen molar-refractivity contribution in [1.82, 2.24) is 4.72 Å². The topological polar surface area (TPSA) is 64.6 Å². The first-order valence-electron chi connectivity index (χ1n) is 6.53. The van der Waals surface area contributed by atoms with Crippen LogP contribution in [0.3, 0.4) is 0 Å². The molecule has 0 heterocycles. The van der Waals surface area contributed by atoms with E-state index in [0.29, 0.717) is 11.8 Å². The van der Waals surface area contributed by atoms with Gasteiger partial charge in [0.05, 0.1) is 14.2 Å². The van der Waals surface area contributed by atoms with E-state index in [-0.39, 0.29) is 22.8 Å². The van der Waals surface area contributed by atoms with E-state index in [9.17, 15) is 17.2 Å². The lowest BCUT2D eigenvalue weighted by Gasteiger charge is -2.12. The molecule has 0 saturated carbocycles. The zero-order chi connectivity index (χ0) is 17.0. The Kier molecular flexibility index (Phi) is 5.17. The molecule has 0 amide bonds. The van der Waals surface area contributed by atoms with Crippen LogP contribution in [0.5, 0.6) is 11.5 Å². The highest BCUT2D eigenvalue weighted by Gasteiger charge is 2.20. The van der Waals surface area contributed by atoms with Gasteiger partial charge in [0.15, 0.2) is 0 Å². The van der Waals surface area contributed by atoms with Crippen LogP contribution in [0.4, 0.5) is 8.78 Å². The minimum Gasteiger partial charge on any atom is -0.497 e. The quantitative estimate of drug-likeness (QED) is 0.875. The first-order valence-corrected chi connectivity index (χ1v) is 8.01. The van der Waals surface area contributed by atoms with Crippen LogP contribution in [0.15, 0.2) is 41.3 Å². The highest BCUT2D eigenvalue weighted by atomic mass is 32.2. The van der Waals surface area contributed by atoms with Gasteiger partial charge in [-0.1, -0.05) is 6.07 Å². The molecule has 0 unspecified atom stereocenters. The summed E-state index contributed by atoms with van der Waals surface area (Å²) in [6, 6.07) is 7.14. The van der Waals surface area contributed by atoms with Crippen LogP contribution >= 0.6 is 0 Å². The van der Waals surface area contributed by atoms with Gasteiger partial charge in [-0.3, -0.25) is 0 Å². The lowest BCUT2D eigenvalue weighted by Crippen LogP contribution is -2.24. The molecule has 2 rings (SSSR count). The van der Waals surface area contributed by atoms with E-state index in [2.05, 4.69) is 4.72 Å². The molecule has 0 spiro atoms.